The number of carbonyl (C=O) groups is 2. The van der Waals surface area contributed by atoms with E-state index in [1.165, 1.54) is 0 Å². The molecule has 1 aromatic heterocycles. The largest absolute Gasteiger partial charge is 0.479 e. The molecule has 1 aromatic carbocycles. The van der Waals surface area contributed by atoms with Gasteiger partial charge in [0.15, 0.2) is 6.04 Å². The number of carbonyl (C=O) groups excluding carboxylic acids is 1. The smallest absolute Gasteiger partial charge is 0.330 e. The zero-order valence-corrected chi connectivity index (χ0v) is 11.8. The Morgan fingerprint density at radius 3 is 2.52 bits per heavy atom. The molecule has 0 bridgehead atoms. The van der Waals surface area contributed by atoms with E-state index >= 15 is 0 Å². The second kappa shape index (κ2) is 6.74. The van der Waals surface area contributed by atoms with E-state index in [4.69, 9.17) is 0 Å². The van der Waals surface area contributed by atoms with Gasteiger partial charge in [0.25, 0.3) is 5.91 Å². The van der Waals surface area contributed by atoms with E-state index in [9.17, 15) is 14.7 Å². The van der Waals surface area contributed by atoms with Crippen molar-refractivity contribution in [3.63, 3.8) is 0 Å². The molecule has 0 saturated carbocycles. The zero-order chi connectivity index (χ0) is 15.2. The van der Waals surface area contributed by atoms with Gasteiger partial charge in [-0.05, 0) is 24.1 Å². The van der Waals surface area contributed by atoms with Crippen molar-refractivity contribution in [2.45, 2.75) is 25.9 Å². The second-order valence-corrected chi connectivity index (χ2v) is 4.74. The van der Waals surface area contributed by atoms with Gasteiger partial charge in [0.1, 0.15) is 5.69 Å². The van der Waals surface area contributed by atoms with Crippen molar-refractivity contribution in [2.24, 2.45) is 0 Å². The van der Waals surface area contributed by atoms with Crippen LogP contribution in [0.3, 0.4) is 0 Å². The topological polar surface area (TPSA) is 71.3 Å². The molecule has 0 aliphatic heterocycles. The Kier molecular flexibility index (Phi) is 4.77. The van der Waals surface area contributed by atoms with Crippen molar-refractivity contribution in [2.75, 3.05) is 0 Å². The highest BCUT2D eigenvalue weighted by Crippen LogP contribution is 2.14. The van der Waals surface area contributed by atoms with Gasteiger partial charge in [0.05, 0.1) is 0 Å². The van der Waals surface area contributed by atoms with E-state index < -0.39 is 12.0 Å². The van der Waals surface area contributed by atoms with Crippen LogP contribution in [0.1, 0.15) is 35.4 Å². The SMILES string of the molecule is CCCn1cccc1C(=O)N[C@H](C(=O)O)c1ccccc1. The van der Waals surface area contributed by atoms with Gasteiger partial charge in [-0.15, -0.1) is 0 Å². The number of hydrogen-bond donors (Lipinski definition) is 2. The lowest BCUT2D eigenvalue weighted by Gasteiger charge is -2.16. The molecule has 0 radical (unpaired) electrons. The van der Waals surface area contributed by atoms with Gasteiger partial charge >= 0.3 is 5.97 Å². The molecule has 110 valence electrons. The molecule has 1 heterocycles. The monoisotopic (exact) mass is 286 g/mol. The normalized spacial score (nSPS) is 11.9. The lowest BCUT2D eigenvalue weighted by molar-refractivity contribution is -0.139. The quantitative estimate of drug-likeness (QED) is 0.857. The van der Waals surface area contributed by atoms with Gasteiger partial charge in [-0.25, -0.2) is 4.79 Å². The van der Waals surface area contributed by atoms with Gasteiger partial charge in [0, 0.05) is 12.7 Å². The third-order valence-electron chi connectivity index (χ3n) is 3.18. The van der Waals surface area contributed by atoms with Crippen LogP contribution in [0.4, 0.5) is 0 Å². The third-order valence-corrected chi connectivity index (χ3v) is 3.18. The van der Waals surface area contributed by atoms with E-state index in [0.29, 0.717) is 11.3 Å². The van der Waals surface area contributed by atoms with Crippen LogP contribution in [0.2, 0.25) is 0 Å². The predicted molar refractivity (Wildman–Crippen MR) is 79.0 cm³/mol. The van der Waals surface area contributed by atoms with Crippen LogP contribution in [0.15, 0.2) is 48.7 Å². The zero-order valence-electron chi connectivity index (χ0n) is 11.8. The van der Waals surface area contributed by atoms with E-state index in [0.717, 1.165) is 13.0 Å². The number of amides is 1. The Labute approximate surface area is 123 Å². The summed E-state index contributed by atoms with van der Waals surface area (Å²) in [6, 6.07) is 11.1. The molecule has 5 nitrogen and oxygen atoms in total. The van der Waals surface area contributed by atoms with Gasteiger partial charge in [-0.2, -0.15) is 0 Å². The molecule has 0 unspecified atom stereocenters. The Morgan fingerprint density at radius 2 is 1.90 bits per heavy atom. The molecule has 0 saturated heterocycles. The summed E-state index contributed by atoms with van der Waals surface area (Å²) in [7, 11) is 0. The number of hydrogen-bond acceptors (Lipinski definition) is 2. The van der Waals surface area contributed by atoms with Crippen molar-refractivity contribution < 1.29 is 14.7 Å². The maximum Gasteiger partial charge on any atom is 0.330 e. The van der Waals surface area contributed by atoms with Crippen molar-refractivity contribution in [1.29, 1.82) is 0 Å². The summed E-state index contributed by atoms with van der Waals surface area (Å²) in [5.41, 5.74) is 1.02. The molecule has 2 aromatic rings. The maximum atomic E-state index is 12.3. The van der Waals surface area contributed by atoms with Gasteiger partial charge < -0.3 is 15.0 Å². The molecular weight excluding hydrogens is 268 g/mol. The molecule has 5 heteroatoms. The average Bonchev–Trinajstić information content (AvgIpc) is 2.94. The second-order valence-electron chi connectivity index (χ2n) is 4.74. The average molecular weight is 286 g/mol. The molecule has 2 rings (SSSR count). The van der Waals surface area contributed by atoms with Crippen LogP contribution < -0.4 is 5.32 Å². The molecule has 21 heavy (non-hydrogen) atoms. The number of nitrogens with zero attached hydrogens (tertiary/aromatic N) is 1. The Hall–Kier alpha value is -2.56. The van der Waals surface area contributed by atoms with Crippen molar-refractivity contribution in [3.05, 3.63) is 59.9 Å². The van der Waals surface area contributed by atoms with Gasteiger partial charge in [-0.1, -0.05) is 37.3 Å². The fourth-order valence-electron chi connectivity index (χ4n) is 2.19. The molecule has 0 fully saturated rings. The lowest BCUT2D eigenvalue weighted by atomic mass is 10.1. The van der Waals surface area contributed by atoms with Crippen LogP contribution in [0, 0.1) is 0 Å². The summed E-state index contributed by atoms with van der Waals surface area (Å²) in [4.78, 5) is 23.7. The van der Waals surface area contributed by atoms with Crippen LogP contribution in [-0.2, 0) is 11.3 Å². The summed E-state index contributed by atoms with van der Waals surface area (Å²) in [5.74, 6) is -1.46. The molecule has 0 spiro atoms. The van der Waals surface area contributed by atoms with E-state index in [-0.39, 0.29) is 5.91 Å². The first kappa shape index (κ1) is 14.8. The highest BCUT2D eigenvalue weighted by Gasteiger charge is 2.23. The summed E-state index contributed by atoms with van der Waals surface area (Å²) in [5, 5.41) is 11.9. The van der Waals surface area contributed by atoms with E-state index in [1.54, 1.807) is 42.5 Å². The minimum Gasteiger partial charge on any atom is -0.479 e. The Morgan fingerprint density at radius 1 is 1.19 bits per heavy atom. The first-order valence-electron chi connectivity index (χ1n) is 6.87. The predicted octanol–water partition coefficient (Wildman–Crippen LogP) is 2.45. The standard InChI is InChI=1S/C16H18N2O3/c1-2-10-18-11-6-9-13(18)15(19)17-14(16(20)21)12-7-4-3-5-8-12/h3-9,11,14H,2,10H2,1H3,(H,17,19)(H,20,21)/t14-/m0/s1. The third kappa shape index (κ3) is 3.51. The number of aromatic nitrogens is 1. The summed E-state index contributed by atoms with van der Waals surface area (Å²) in [6.45, 7) is 2.74. The number of carboxylic acid groups (broad SMARTS) is 1. The van der Waals surface area contributed by atoms with E-state index in [1.807, 2.05) is 17.7 Å². The molecule has 1 amide bonds. The minimum atomic E-state index is -1.08. The maximum absolute atomic E-state index is 12.3. The van der Waals surface area contributed by atoms with Crippen molar-refractivity contribution in [3.8, 4) is 0 Å². The van der Waals surface area contributed by atoms with Crippen LogP contribution >= 0.6 is 0 Å². The molecule has 0 aliphatic rings. The van der Waals surface area contributed by atoms with Crippen LogP contribution in [0.25, 0.3) is 0 Å². The fraction of sp³-hybridized carbons (Fsp3) is 0.250. The number of aliphatic carboxylic acids is 1. The first-order chi connectivity index (χ1) is 10.1. The summed E-state index contributed by atoms with van der Waals surface area (Å²) in [6.07, 6.45) is 2.71. The van der Waals surface area contributed by atoms with Crippen LogP contribution in [0.5, 0.6) is 0 Å². The van der Waals surface area contributed by atoms with Crippen LogP contribution in [-0.4, -0.2) is 21.6 Å². The number of benzene rings is 1. The van der Waals surface area contributed by atoms with Crippen molar-refractivity contribution in [1.82, 2.24) is 9.88 Å². The first-order valence-corrected chi connectivity index (χ1v) is 6.87. The Bertz CT molecular complexity index is 619. The molecule has 1 atom stereocenters. The van der Waals surface area contributed by atoms with E-state index in [2.05, 4.69) is 5.32 Å². The summed E-state index contributed by atoms with van der Waals surface area (Å²) < 4.78 is 1.82. The number of nitrogens with one attached hydrogen (secondary N) is 1. The van der Waals surface area contributed by atoms with Gasteiger partial charge in [-0.3, -0.25) is 4.79 Å². The lowest BCUT2D eigenvalue weighted by Crippen LogP contribution is -2.34. The van der Waals surface area contributed by atoms with Crippen molar-refractivity contribution >= 4 is 11.9 Å². The number of rotatable bonds is 6. The highest BCUT2D eigenvalue weighted by molar-refractivity contribution is 5.95. The molecule has 2 N–H and O–H groups in total. The minimum absolute atomic E-state index is 0.385. The van der Waals surface area contributed by atoms with Gasteiger partial charge in [0.2, 0.25) is 0 Å². The highest BCUT2D eigenvalue weighted by atomic mass is 16.4. The Balaban J connectivity index is 2.19. The number of aryl methyl sites for hydroxylation is 1. The molecule has 0 aliphatic carbocycles. The fourth-order valence-corrected chi connectivity index (χ4v) is 2.19. The molecular formula is C16H18N2O3. The summed E-state index contributed by atoms with van der Waals surface area (Å²) >= 11 is 0. The number of carboxylic acids is 1.